The molecule has 0 saturated heterocycles. The minimum absolute atomic E-state index is 0.0168. The molecule has 1 fully saturated rings. The SMILES string of the molecule is O=C(Cn1nnc(-c2ccco2)n1)NCC1CC(O)C1. The number of nitrogens with one attached hydrogen (secondary N) is 1. The standard InChI is InChI=1S/C12H15N5O3/c18-9-4-8(5-9)6-13-11(19)7-17-15-12(14-16-17)10-2-1-3-20-10/h1-3,8-9,18H,4-7H2,(H,13,19). The highest BCUT2D eigenvalue weighted by Gasteiger charge is 2.27. The van der Waals surface area contributed by atoms with Crippen LogP contribution in [0.2, 0.25) is 0 Å². The van der Waals surface area contributed by atoms with E-state index in [4.69, 9.17) is 9.52 Å². The Morgan fingerprint density at radius 2 is 2.40 bits per heavy atom. The van der Waals surface area contributed by atoms with Gasteiger partial charge in [0.15, 0.2) is 5.76 Å². The average Bonchev–Trinajstić information content (AvgIpc) is 3.03. The van der Waals surface area contributed by atoms with Gasteiger partial charge in [-0.2, -0.15) is 4.80 Å². The third-order valence-corrected chi connectivity index (χ3v) is 3.28. The molecule has 8 heteroatoms. The molecule has 8 nitrogen and oxygen atoms in total. The minimum Gasteiger partial charge on any atom is -0.461 e. The molecule has 0 aromatic carbocycles. The fourth-order valence-electron chi connectivity index (χ4n) is 2.12. The molecule has 2 N–H and O–H groups in total. The summed E-state index contributed by atoms with van der Waals surface area (Å²) in [5.74, 6) is 1.07. The summed E-state index contributed by atoms with van der Waals surface area (Å²) in [6.45, 7) is 0.596. The summed E-state index contributed by atoms with van der Waals surface area (Å²) in [6.07, 6.45) is 2.83. The number of amides is 1. The number of carbonyl (C=O) groups is 1. The van der Waals surface area contributed by atoms with E-state index in [-0.39, 0.29) is 18.6 Å². The second kappa shape index (κ2) is 5.41. The molecular formula is C12H15N5O3. The molecule has 2 aromatic rings. The lowest BCUT2D eigenvalue weighted by atomic mass is 9.82. The van der Waals surface area contributed by atoms with E-state index in [1.54, 1.807) is 12.1 Å². The lowest BCUT2D eigenvalue weighted by molar-refractivity contribution is -0.122. The van der Waals surface area contributed by atoms with E-state index >= 15 is 0 Å². The van der Waals surface area contributed by atoms with Crippen molar-refractivity contribution in [2.75, 3.05) is 6.54 Å². The van der Waals surface area contributed by atoms with Crippen LogP contribution in [-0.2, 0) is 11.3 Å². The van der Waals surface area contributed by atoms with E-state index < -0.39 is 0 Å². The Hall–Kier alpha value is -2.22. The van der Waals surface area contributed by atoms with Crippen LogP contribution in [0.1, 0.15) is 12.8 Å². The molecule has 1 aliphatic carbocycles. The zero-order chi connectivity index (χ0) is 13.9. The van der Waals surface area contributed by atoms with Crippen molar-refractivity contribution in [1.29, 1.82) is 0 Å². The number of hydrogen-bond acceptors (Lipinski definition) is 6. The summed E-state index contributed by atoms with van der Waals surface area (Å²) in [6, 6.07) is 3.46. The molecule has 0 spiro atoms. The van der Waals surface area contributed by atoms with Crippen LogP contribution in [0.15, 0.2) is 22.8 Å². The number of aromatic nitrogens is 4. The van der Waals surface area contributed by atoms with Crippen LogP contribution in [0.4, 0.5) is 0 Å². The van der Waals surface area contributed by atoms with Gasteiger partial charge in [0.25, 0.3) is 0 Å². The number of carbonyl (C=O) groups excluding carboxylic acids is 1. The van der Waals surface area contributed by atoms with E-state index in [2.05, 4.69) is 20.7 Å². The van der Waals surface area contributed by atoms with E-state index in [1.807, 2.05) is 0 Å². The first-order valence-electron chi connectivity index (χ1n) is 6.47. The van der Waals surface area contributed by atoms with Crippen molar-refractivity contribution in [3.05, 3.63) is 18.4 Å². The quantitative estimate of drug-likeness (QED) is 0.785. The van der Waals surface area contributed by atoms with E-state index in [0.29, 0.717) is 24.0 Å². The van der Waals surface area contributed by atoms with Gasteiger partial charge < -0.3 is 14.8 Å². The first kappa shape index (κ1) is 12.8. The highest BCUT2D eigenvalue weighted by molar-refractivity contribution is 5.75. The molecule has 0 atom stereocenters. The molecular weight excluding hydrogens is 262 g/mol. The molecule has 1 amide bonds. The van der Waals surface area contributed by atoms with Crippen LogP contribution in [0.5, 0.6) is 0 Å². The van der Waals surface area contributed by atoms with E-state index in [0.717, 1.165) is 12.8 Å². The minimum atomic E-state index is -0.204. The van der Waals surface area contributed by atoms with Crippen molar-refractivity contribution in [2.24, 2.45) is 5.92 Å². The summed E-state index contributed by atoms with van der Waals surface area (Å²) in [4.78, 5) is 12.9. The number of aliphatic hydroxyl groups is 1. The van der Waals surface area contributed by atoms with Crippen LogP contribution in [-0.4, -0.2) is 43.9 Å². The fourth-order valence-corrected chi connectivity index (χ4v) is 2.12. The summed E-state index contributed by atoms with van der Waals surface area (Å²) >= 11 is 0. The Labute approximate surface area is 114 Å². The fraction of sp³-hybridized carbons (Fsp3) is 0.500. The zero-order valence-corrected chi connectivity index (χ0v) is 10.8. The maximum Gasteiger partial charge on any atom is 0.243 e. The molecule has 2 aromatic heterocycles. The summed E-state index contributed by atoms with van der Waals surface area (Å²) in [5, 5.41) is 23.6. The van der Waals surface area contributed by atoms with Crippen molar-refractivity contribution in [3.8, 4) is 11.6 Å². The van der Waals surface area contributed by atoms with Crippen molar-refractivity contribution < 1.29 is 14.3 Å². The van der Waals surface area contributed by atoms with Gasteiger partial charge in [0.2, 0.25) is 11.7 Å². The third-order valence-electron chi connectivity index (χ3n) is 3.28. The maximum atomic E-state index is 11.7. The number of aliphatic hydroxyl groups excluding tert-OH is 1. The number of furan rings is 1. The molecule has 3 rings (SSSR count). The predicted octanol–water partition coefficient (Wildman–Crippen LogP) is -0.180. The Kier molecular flexibility index (Phi) is 3.46. The van der Waals surface area contributed by atoms with Crippen molar-refractivity contribution in [1.82, 2.24) is 25.5 Å². The summed E-state index contributed by atoms with van der Waals surface area (Å²) < 4.78 is 5.15. The van der Waals surface area contributed by atoms with Crippen LogP contribution in [0.3, 0.4) is 0 Å². The summed E-state index contributed by atoms with van der Waals surface area (Å²) in [5.41, 5.74) is 0. The molecule has 2 heterocycles. The van der Waals surface area contributed by atoms with Gasteiger partial charge in [-0.15, -0.1) is 10.2 Å². The lowest BCUT2D eigenvalue weighted by Crippen LogP contribution is -2.39. The molecule has 0 bridgehead atoms. The monoisotopic (exact) mass is 277 g/mol. The van der Waals surface area contributed by atoms with Gasteiger partial charge >= 0.3 is 0 Å². The summed E-state index contributed by atoms with van der Waals surface area (Å²) in [7, 11) is 0. The zero-order valence-electron chi connectivity index (χ0n) is 10.8. The number of rotatable bonds is 5. The van der Waals surface area contributed by atoms with E-state index in [9.17, 15) is 4.79 Å². The Bertz CT molecular complexity index is 574. The van der Waals surface area contributed by atoms with Gasteiger partial charge in [0.05, 0.1) is 12.4 Å². The van der Waals surface area contributed by atoms with Gasteiger partial charge in [-0.05, 0) is 36.1 Å². The number of nitrogens with zero attached hydrogens (tertiary/aromatic N) is 4. The molecule has 0 radical (unpaired) electrons. The molecule has 1 saturated carbocycles. The molecule has 1 aliphatic rings. The topological polar surface area (TPSA) is 106 Å². The third kappa shape index (κ3) is 2.85. The van der Waals surface area contributed by atoms with E-state index in [1.165, 1.54) is 11.1 Å². The average molecular weight is 277 g/mol. The van der Waals surface area contributed by atoms with Crippen LogP contribution >= 0.6 is 0 Å². The molecule has 106 valence electrons. The van der Waals surface area contributed by atoms with Gasteiger partial charge in [0, 0.05) is 6.54 Å². The van der Waals surface area contributed by atoms with Gasteiger partial charge in [0.1, 0.15) is 6.54 Å². The lowest BCUT2D eigenvalue weighted by Gasteiger charge is -2.31. The van der Waals surface area contributed by atoms with Crippen molar-refractivity contribution >= 4 is 5.91 Å². The van der Waals surface area contributed by atoms with Gasteiger partial charge in [-0.25, -0.2) is 0 Å². The van der Waals surface area contributed by atoms with Gasteiger partial charge in [-0.3, -0.25) is 4.79 Å². The van der Waals surface area contributed by atoms with Crippen molar-refractivity contribution in [2.45, 2.75) is 25.5 Å². The highest BCUT2D eigenvalue weighted by atomic mass is 16.3. The Morgan fingerprint density at radius 1 is 1.55 bits per heavy atom. The number of tetrazole rings is 1. The molecule has 20 heavy (non-hydrogen) atoms. The van der Waals surface area contributed by atoms with Crippen LogP contribution in [0, 0.1) is 5.92 Å². The smallest absolute Gasteiger partial charge is 0.243 e. The van der Waals surface area contributed by atoms with Crippen LogP contribution in [0.25, 0.3) is 11.6 Å². The Balaban J connectivity index is 1.49. The van der Waals surface area contributed by atoms with Crippen molar-refractivity contribution in [3.63, 3.8) is 0 Å². The van der Waals surface area contributed by atoms with Crippen LogP contribution < -0.4 is 5.32 Å². The molecule has 0 unspecified atom stereocenters. The normalized spacial score (nSPS) is 21.4. The number of hydrogen-bond donors (Lipinski definition) is 2. The highest BCUT2D eigenvalue weighted by Crippen LogP contribution is 2.25. The largest absolute Gasteiger partial charge is 0.461 e. The predicted molar refractivity (Wildman–Crippen MR) is 67.3 cm³/mol. The second-order valence-corrected chi connectivity index (χ2v) is 4.92. The Morgan fingerprint density at radius 3 is 3.10 bits per heavy atom. The molecule has 0 aliphatic heterocycles. The van der Waals surface area contributed by atoms with Gasteiger partial charge in [-0.1, -0.05) is 0 Å². The maximum absolute atomic E-state index is 11.7. The first-order valence-corrected chi connectivity index (χ1v) is 6.47. The second-order valence-electron chi connectivity index (χ2n) is 4.92. The first-order chi connectivity index (χ1) is 9.70.